The monoisotopic (exact) mass is 668 g/mol. The van der Waals surface area contributed by atoms with Gasteiger partial charge in [-0.3, -0.25) is 0 Å². The molecule has 0 aliphatic carbocycles. The van der Waals surface area contributed by atoms with Crippen molar-refractivity contribution in [2.24, 2.45) is 0 Å². The molecule has 0 aromatic heterocycles. The Labute approximate surface area is 184 Å². The van der Waals surface area contributed by atoms with Crippen LogP contribution in [0, 0.1) is 0 Å². The van der Waals surface area contributed by atoms with Gasteiger partial charge in [-0.05, 0) is 0 Å². The van der Waals surface area contributed by atoms with Crippen molar-refractivity contribution in [3.63, 3.8) is 0 Å². The van der Waals surface area contributed by atoms with E-state index < -0.39 is 54.8 Å². The van der Waals surface area contributed by atoms with Gasteiger partial charge in [0.2, 0.25) is 0 Å². The van der Waals surface area contributed by atoms with E-state index in [0.29, 0.717) is 0 Å². The molecule has 34 heteroatoms. The topological polar surface area (TPSA) is 513 Å². The predicted molar refractivity (Wildman–Crippen MR) is 96.5 cm³/mol. The van der Waals surface area contributed by atoms with Crippen molar-refractivity contribution >= 4 is 54.8 Å². The minimum atomic E-state index is -5.05. The Morgan fingerprint density at radius 1 is 0.265 bits per heavy atom. The zero-order chi connectivity index (χ0) is 30.2. The van der Waals surface area contributed by atoms with Crippen molar-refractivity contribution in [2.75, 3.05) is 0 Å². The highest BCUT2D eigenvalue weighted by Gasteiger charge is 2.27. The Hall–Kier alpha value is 0.810. The average molecular weight is 668 g/mol. The molecule has 0 heterocycles. The fourth-order valence-corrected chi connectivity index (χ4v) is 1.25. The van der Waals surface area contributed by atoms with Gasteiger partial charge in [0, 0.05) is 0 Å². The summed E-state index contributed by atoms with van der Waals surface area (Å²) in [6.45, 7) is 0. The smallest absolute Gasteiger partial charge is 0.303 e. The van der Waals surface area contributed by atoms with Crippen LogP contribution >= 0.6 is 54.8 Å². The summed E-state index contributed by atoms with van der Waals surface area (Å²) in [5, 5.41) is 0. The van der Waals surface area contributed by atoms with Crippen molar-refractivity contribution in [3.8, 4) is 0 Å². The van der Waals surface area contributed by atoms with Gasteiger partial charge < -0.3 is 93.0 Å². The molecule has 0 atom stereocenters. The Morgan fingerprint density at radius 3 is 0.324 bits per heavy atom. The third kappa shape index (κ3) is 716. The van der Waals surface area contributed by atoms with E-state index in [1.54, 1.807) is 0 Å². The first-order chi connectivity index (χ1) is 13.7. The lowest BCUT2D eigenvalue weighted by Crippen LogP contribution is -1.84. The molecule has 0 unspecified atom stereocenters. The molecule has 27 nitrogen and oxygen atoms in total. The number of phosphoric acid groups is 7. The quantitative estimate of drug-likeness (QED) is 0.122. The zero-order valence-corrected chi connectivity index (χ0v) is 21.2. The summed E-state index contributed by atoms with van der Waals surface area (Å²) in [7, 11) is -33.3. The Kier molecular flexibility index (Phi) is 26.7. The molecule has 0 rings (SSSR count). The van der Waals surface area contributed by atoms with Crippen molar-refractivity contribution in [2.45, 2.75) is 0 Å². The first kappa shape index (κ1) is 47.9. The Balaban J connectivity index is -0.0000000707. The van der Waals surface area contributed by atoms with Gasteiger partial charge >= 0.3 is 54.8 Å². The van der Waals surface area contributed by atoms with Crippen molar-refractivity contribution < 1.29 is 129 Å². The van der Waals surface area contributed by atoms with Crippen LogP contribution in [0.15, 0.2) is 0 Å². The number of hydrogen-bond acceptors (Lipinski definition) is 8. The standard InChI is InChI=1S/H4O7P2.5H3O4P/c1-8(2,3)7-9(4,5)6;5*1-5(2,3)4/h(H2,1,2,3)(H2,4,5,6);5*(H3,1,2,3,4). The molecule has 0 fully saturated rings. The highest BCUT2D eigenvalue weighted by atomic mass is 31.3. The van der Waals surface area contributed by atoms with Gasteiger partial charge in [0.25, 0.3) is 0 Å². The lowest BCUT2D eigenvalue weighted by atomic mass is 15.7. The maximum Gasteiger partial charge on any atom is 0.478 e. The van der Waals surface area contributed by atoms with Gasteiger partial charge in [-0.15, -0.1) is 0 Å². The molecule has 19 N–H and O–H groups in total. The first-order valence-electron chi connectivity index (χ1n) is 5.44. The van der Waals surface area contributed by atoms with Gasteiger partial charge in [-0.1, -0.05) is 0 Å². The molecular weight excluding hydrogens is 649 g/mol. The van der Waals surface area contributed by atoms with Crippen molar-refractivity contribution in [1.82, 2.24) is 0 Å². The molecule has 0 saturated heterocycles. The summed E-state index contributed by atoms with van der Waals surface area (Å²) < 4.78 is 66.6. The van der Waals surface area contributed by atoms with Crippen molar-refractivity contribution in [1.29, 1.82) is 0 Å². The molecule has 0 bridgehead atoms. The van der Waals surface area contributed by atoms with Crippen LogP contribution < -0.4 is 0 Å². The van der Waals surface area contributed by atoms with Crippen LogP contribution in [-0.2, 0) is 36.3 Å². The van der Waals surface area contributed by atoms with Gasteiger partial charge in [-0.25, -0.2) is 32.0 Å². The Morgan fingerprint density at radius 2 is 0.324 bits per heavy atom. The van der Waals surface area contributed by atoms with E-state index in [4.69, 9.17) is 116 Å². The SMILES string of the molecule is O=P(O)(O)O.O=P(O)(O)O.O=P(O)(O)O.O=P(O)(O)O.O=P(O)(O)O.O=P(O)(O)OP(=O)(O)O. The zero-order valence-electron chi connectivity index (χ0n) is 14.9. The molecule has 34 heavy (non-hydrogen) atoms. The summed E-state index contributed by atoms with van der Waals surface area (Å²) in [5.41, 5.74) is 0. The average Bonchev–Trinajstić information content (AvgIpc) is 2.07. The second kappa shape index (κ2) is 19.0. The van der Waals surface area contributed by atoms with Gasteiger partial charge in [0.15, 0.2) is 0 Å². The summed E-state index contributed by atoms with van der Waals surface area (Å²) in [6, 6.07) is 0. The maximum atomic E-state index is 9.63. The lowest BCUT2D eigenvalue weighted by molar-refractivity contribution is 0.224. The van der Waals surface area contributed by atoms with Crippen LogP contribution in [0.2, 0.25) is 0 Å². The highest BCUT2D eigenvalue weighted by molar-refractivity contribution is 7.60. The highest BCUT2D eigenvalue weighted by Crippen LogP contribution is 2.53. The third-order valence-electron chi connectivity index (χ3n) is 0.213. The second-order valence-electron chi connectivity index (χ2n) is 3.63. The fraction of sp³-hybridized carbons (Fsp3) is 0. The van der Waals surface area contributed by atoms with E-state index in [-0.39, 0.29) is 0 Å². The molecule has 216 valence electrons. The third-order valence-corrected chi connectivity index (χ3v) is 1.91. The van der Waals surface area contributed by atoms with Crippen LogP contribution in [0.5, 0.6) is 0 Å². The van der Waals surface area contributed by atoms with E-state index in [2.05, 4.69) is 4.31 Å². The molecule has 0 saturated carbocycles. The van der Waals surface area contributed by atoms with Gasteiger partial charge in [-0.2, -0.15) is 4.31 Å². The summed E-state index contributed by atoms with van der Waals surface area (Å²) in [6.07, 6.45) is 0. The summed E-state index contributed by atoms with van der Waals surface area (Å²) in [4.78, 5) is 139. The summed E-state index contributed by atoms with van der Waals surface area (Å²) in [5.74, 6) is 0. The second-order valence-corrected chi connectivity index (χ2v) is 11.4. The Bertz CT molecular complexity index is 637. The molecule has 0 aliphatic heterocycles. The molecule has 0 amide bonds. The van der Waals surface area contributed by atoms with Crippen LogP contribution in [0.3, 0.4) is 0 Å². The van der Waals surface area contributed by atoms with Crippen LogP contribution in [-0.4, -0.2) is 93.0 Å². The molecule has 0 aromatic carbocycles. The van der Waals surface area contributed by atoms with Crippen LogP contribution in [0.4, 0.5) is 0 Å². The molecular formula is H19O27P7. The molecule has 0 aliphatic rings. The maximum absolute atomic E-state index is 9.63. The predicted octanol–water partition coefficient (Wildman–Crippen LogP) is -5.45. The van der Waals surface area contributed by atoms with Gasteiger partial charge in [0.1, 0.15) is 0 Å². The van der Waals surface area contributed by atoms with E-state index in [1.165, 1.54) is 0 Å². The summed E-state index contributed by atoms with van der Waals surface area (Å²) >= 11 is 0. The minimum absolute atomic E-state index is 2.96. The molecule has 0 aromatic rings. The first-order valence-corrected chi connectivity index (χ1v) is 16.3. The van der Waals surface area contributed by atoms with Crippen molar-refractivity contribution in [3.05, 3.63) is 0 Å². The lowest BCUT2D eigenvalue weighted by Gasteiger charge is -2.03. The van der Waals surface area contributed by atoms with E-state index in [1.807, 2.05) is 0 Å². The normalized spacial score (nSPS) is 12.3. The van der Waals surface area contributed by atoms with Crippen LogP contribution in [0.1, 0.15) is 0 Å². The molecule has 0 spiro atoms. The fourth-order valence-electron chi connectivity index (χ4n) is 0.139. The number of rotatable bonds is 2. The van der Waals surface area contributed by atoms with E-state index in [9.17, 15) is 9.13 Å². The van der Waals surface area contributed by atoms with E-state index in [0.717, 1.165) is 0 Å². The van der Waals surface area contributed by atoms with Crippen LogP contribution in [0.25, 0.3) is 0 Å². The van der Waals surface area contributed by atoms with E-state index >= 15 is 0 Å². The molecule has 0 radical (unpaired) electrons. The largest absolute Gasteiger partial charge is 0.478 e. The number of hydrogen-bond donors (Lipinski definition) is 19. The minimum Gasteiger partial charge on any atom is -0.303 e. The van der Waals surface area contributed by atoms with Gasteiger partial charge in [0.05, 0.1) is 0 Å².